The first-order chi connectivity index (χ1) is 5.57. The van der Waals surface area contributed by atoms with Crippen LogP contribution in [0.15, 0.2) is 0 Å². The van der Waals surface area contributed by atoms with Crippen LogP contribution in [0.4, 0.5) is 0 Å². The second kappa shape index (κ2) is 6.44. The summed E-state index contributed by atoms with van der Waals surface area (Å²) in [4.78, 5) is 5.54. The third-order valence-corrected chi connectivity index (χ3v) is 1.97. The summed E-state index contributed by atoms with van der Waals surface area (Å²) >= 11 is 0. The minimum atomic E-state index is 0.291. The molecular formula is C10H23NO. The molecule has 12 heavy (non-hydrogen) atoms. The molecule has 0 fully saturated rings. The maximum absolute atomic E-state index is 5.54. The summed E-state index contributed by atoms with van der Waals surface area (Å²) in [6, 6.07) is 0.535. The van der Waals surface area contributed by atoms with Crippen molar-refractivity contribution >= 4 is 0 Å². The Morgan fingerprint density at radius 2 is 1.83 bits per heavy atom. The molecule has 0 amide bonds. The fourth-order valence-electron chi connectivity index (χ4n) is 1.12. The SMILES string of the molecule is CCCCC(C)N(C)OC(C)C. The Morgan fingerprint density at radius 1 is 1.25 bits per heavy atom. The van der Waals surface area contributed by atoms with Crippen LogP contribution in [-0.2, 0) is 4.84 Å². The lowest BCUT2D eigenvalue weighted by Crippen LogP contribution is -2.31. The molecule has 0 spiro atoms. The molecule has 0 aromatic heterocycles. The van der Waals surface area contributed by atoms with Crippen molar-refractivity contribution < 1.29 is 4.84 Å². The summed E-state index contributed by atoms with van der Waals surface area (Å²) in [6.45, 7) is 8.54. The lowest BCUT2D eigenvalue weighted by molar-refractivity contribution is -0.192. The van der Waals surface area contributed by atoms with E-state index < -0.39 is 0 Å². The van der Waals surface area contributed by atoms with Gasteiger partial charge in [0.15, 0.2) is 0 Å². The molecular weight excluding hydrogens is 150 g/mol. The topological polar surface area (TPSA) is 12.5 Å². The molecule has 0 aliphatic rings. The standard InChI is InChI=1S/C10H23NO/c1-6-7-8-10(4)11(5)12-9(2)3/h9-10H,6-8H2,1-5H3. The number of unbranched alkanes of at least 4 members (excludes halogenated alkanes) is 1. The zero-order valence-corrected chi connectivity index (χ0v) is 9.13. The average molecular weight is 173 g/mol. The van der Waals surface area contributed by atoms with Gasteiger partial charge in [0.25, 0.3) is 0 Å². The second-order valence-corrected chi connectivity index (χ2v) is 3.69. The van der Waals surface area contributed by atoms with E-state index in [1.54, 1.807) is 0 Å². The van der Waals surface area contributed by atoms with E-state index in [0.29, 0.717) is 12.1 Å². The lowest BCUT2D eigenvalue weighted by Gasteiger charge is -2.25. The molecule has 0 heterocycles. The average Bonchev–Trinajstić information content (AvgIpc) is 1.98. The van der Waals surface area contributed by atoms with Crippen molar-refractivity contribution in [1.82, 2.24) is 5.06 Å². The molecule has 0 aromatic carbocycles. The van der Waals surface area contributed by atoms with Crippen LogP contribution in [0.2, 0.25) is 0 Å². The van der Waals surface area contributed by atoms with E-state index in [4.69, 9.17) is 4.84 Å². The Labute approximate surface area is 76.9 Å². The molecule has 0 saturated carbocycles. The first-order valence-corrected chi connectivity index (χ1v) is 4.97. The van der Waals surface area contributed by atoms with Crippen LogP contribution in [-0.4, -0.2) is 24.3 Å². The third kappa shape index (κ3) is 5.56. The van der Waals surface area contributed by atoms with E-state index in [-0.39, 0.29) is 0 Å². The quantitative estimate of drug-likeness (QED) is 0.573. The molecule has 0 aliphatic carbocycles. The Balaban J connectivity index is 3.53. The Hall–Kier alpha value is -0.0800. The van der Waals surface area contributed by atoms with Crippen molar-refractivity contribution in [3.8, 4) is 0 Å². The zero-order valence-electron chi connectivity index (χ0n) is 9.13. The summed E-state index contributed by atoms with van der Waals surface area (Å²) in [5.74, 6) is 0. The predicted octanol–water partition coefficient (Wildman–Crippen LogP) is 2.84. The summed E-state index contributed by atoms with van der Waals surface area (Å²) in [5, 5.41) is 1.97. The van der Waals surface area contributed by atoms with Crippen molar-refractivity contribution in [3.05, 3.63) is 0 Å². The maximum Gasteiger partial charge on any atom is 0.0737 e. The van der Waals surface area contributed by atoms with Gasteiger partial charge >= 0.3 is 0 Å². The largest absolute Gasteiger partial charge is 0.296 e. The highest BCUT2D eigenvalue weighted by Crippen LogP contribution is 2.07. The number of nitrogens with zero attached hydrogens (tertiary/aromatic N) is 1. The van der Waals surface area contributed by atoms with Gasteiger partial charge in [-0.2, -0.15) is 5.06 Å². The minimum Gasteiger partial charge on any atom is -0.296 e. The molecule has 74 valence electrons. The summed E-state index contributed by atoms with van der Waals surface area (Å²) in [6.07, 6.45) is 4.06. The molecule has 0 saturated heterocycles. The van der Waals surface area contributed by atoms with Crippen molar-refractivity contribution in [3.63, 3.8) is 0 Å². The van der Waals surface area contributed by atoms with E-state index in [1.165, 1.54) is 19.3 Å². The van der Waals surface area contributed by atoms with E-state index in [9.17, 15) is 0 Å². The van der Waals surface area contributed by atoms with E-state index in [0.717, 1.165) is 0 Å². The van der Waals surface area contributed by atoms with Crippen LogP contribution >= 0.6 is 0 Å². The van der Waals surface area contributed by atoms with E-state index >= 15 is 0 Å². The number of rotatable bonds is 6. The zero-order chi connectivity index (χ0) is 9.56. The first-order valence-electron chi connectivity index (χ1n) is 4.97. The third-order valence-electron chi connectivity index (χ3n) is 1.97. The van der Waals surface area contributed by atoms with Gasteiger partial charge in [0, 0.05) is 13.1 Å². The molecule has 1 unspecified atom stereocenters. The van der Waals surface area contributed by atoms with Crippen LogP contribution in [0, 0.1) is 0 Å². The molecule has 1 atom stereocenters. The van der Waals surface area contributed by atoms with Crippen LogP contribution in [0.5, 0.6) is 0 Å². The molecule has 0 aliphatic heterocycles. The van der Waals surface area contributed by atoms with Gasteiger partial charge in [-0.05, 0) is 27.2 Å². The van der Waals surface area contributed by atoms with Crippen LogP contribution < -0.4 is 0 Å². The van der Waals surface area contributed by atoms with Crippen molar-refractivity contribution in [2.45, 2.75) is 59.1 Å². The van der Waals surface area contributed by atoms with Gasteiger partial charge in [0.05, 0.1) is 6.10 Å². The fourth-order valence-corrected chi connectivity index (χ4v) is 1.12. The van der Waals surface area contributed by atoms with Gasteiger partial charge < -0.3 is 0 Å². The molecule has 2 heteroatoms. The van der Waals surface area contributed by atoms with Gasteiger partial charge in [-0.1, -0.05) is 19.8 Å². The number of hydrogen-bond donors (Lipinski definition) is 0. The van der Waals surface area contributed by atoms with E-state index in [1.807, 2.05) is 12.1 Å². The van der Waals surface area contributed by atoms with Gasteiger partial charge in [-0.25, -0.2) is 0 Å². The van der Waals surface area contributed by atoms with Crippen molar-refractivity contribution in [2.75, 3.05) is 7.05 Å². The maximum atomic E-state index is 5.54. The predicted molar refractivity (Wildman–Crippen MR) is 53.0 cm³/mol. The van der Waals surface area contributed by atoms with Crippen LogP contribution in [0.25, 0.3) is 0 Å². The summed E-state index contributed by atoms with van der Waals surface area (Å²) in [7, 11) is 2.01. The summed E-state index contributed by atoms with van der Waals surface area (Å²) in [5.41, 5.74) is 0. The highest BCUT2D eigenvalue weighted by Gasteiger charge is 2.09. The monoisotopic (exact) mass is 173 g/mol. The van der Waals surface area contributed by atoms with Crippen LogP contribution in [0.1, 0.15) is 47.0 Å². The summed E-state index contributed by atoms with van der Waals surface area (Å²) < 4.78 is 0. The molecule has 0 radical (unpaired) electrons. The normalized spacial score (nSPS) is 14.2. The molecule has 0 N–H and O–H groups in total. The fraction of sp³-hybridized carbons (Fsp3) is 1.00. The number of hydroxylamine groups is 2. The van der Waals surface area contributed by atoms with Gasteiger partial charge in [0.2, 0.25) is 0 Å². The first kappa shape index (κ1) is 11.9. The molecule has 2 nitrogen and oxygen atoms in total. The van der Waals surface area contributed by atoms with E-state index in [2.05, 4.69) is 27.7 Å². The smallest absolute Gasteiger partial charge is 0.0737 e. The second-order valence-electron chi connectivity index (χ2n) is 3.69. The lowest BCUT2D eigenvalue weighted by atomic mass is 10.1. The Bertz CT molecular complexity index is 104. The highest BCUT2D eigenvalue weighted by molar-refractivity contribution is 4.56. The molecule has 0 bridgehead atoms. The highest BCUT2D eigenvalue weighted by atomic mass is 16.7. The Kier molecular flexibility index (Phi) is 6.39. The Morgan fingerprint density at radius 3 is 2.25 bits per heavy atom. The number of hydrogen-bond acceptors (Lipinski definition) is 2. The molecule has 0 rings (SSSR count). The van der Waals surface area contributed by atoms with Gasteiger partial charge in [0.1, 0.15) is 0 Å². The van der Waals surface area contributed by atoms with Gasteiger partial charge in [-0.15, -0.1) is 0 Å². The molecule has 0 aromatic rings. The van der Waals surface area contributed by atoms with Crippen LogP contribution in [0.3, 0.4) is 0 Å². The van der Waals surface area contributed by atoms with Crippen molar-refractivity contribution in [2.24, 2.45) is 0 Å². The minimum absolute atomic E-state index is 0.291. The van der Waals surface area contributed by atoms with Crippen molar-refractivity contribution in [1.29, 1.82) is 0 Å². The van der Waals surface area contributed by atoms with Gasteiger partial charge in [-0.3, -0.25) is 4.84 Å².